The number of carboxylic acids is 1. The molecule has 3 unspecified atom stereocenters. The van der Waals surface area contributed by atoms with Crippen LogP contribution in [0.1, 0.15) is 42.5 Å². The lowest BCUT2D eigenvalue weighted by atomic mass is 9.90. The van der Waals surface area contributed by atoms with Gasteiger partial charge in [0, 0.05) is 88.0 Å². The zero-order valence-electron chi connectivity index (χ0n) is 28.8. The van der Waals surface area contributed by atoms with Crippen LogP contribution in [0.3, 0.4) is 0 Å². The lowest BCUT2D eigenvalue weighted by Crippen LogP contribution is -2.36. The Kier molecular flexibility index (Phi) is 13.1. The molecule has 2 fully saturated rings. The number of rotatable bonds is 16. The molecule has 2 aromatic carbocycles. The average Bonchev–Trinajstić information content (AvgIpc) is 3.69. The van der Waals surface area contributed by atoms with Gasteiger partial charge < -0.3 is 41.2 Å². The molecule has 0 radical (unpaired) electrons. The van der Waals surface area contributed by atoms with Gasteiger partial charge in [0.25, 0.3) is 0 Å². The Labute approximate surface area is 327 Å². The number of urea groups is 1. The first-order valence-electron chi connectivity index (χ1n) is 17.2. The largest absolute Gasteiger partial charge is 0.508 e. The quantitative estimate of drug-likeness (QED) is 0.0189. The third-order valence-electron chi connectivity index (χ3n) is 8.89. The fraction of sp³-hybridized carbons (Fsp3) is 0.333. The lowest BCUT2D eigenvalue weighted by Gasteiger charge is -2.18. The molecule has 3 aliphatic heterocycles. The normalized spacial score (nSPS) is 17.4. The Morgan fingerprint density at radius 1 is 0.944 bits per heavy atom. The minimum absolute atomic E-state index is 0.0224. The highest BCUT2D eigenvalue weighted by Crippen LogP contribution is 2.42. The third-order valence-corrected chi connectivity index (χ3v) is 12.6. The van der Waals surface area contributed by atoms with Crippen molar-refractivity contribution in [1.82, 2.24) is 26.0 Å². The summed E-state index contributed by atoms with van der Waals surface area (Å²) in [6.45, 7) is 0.629. The van der Waals surface area contributed by atoms with E-state index in [1.807, 2.05) is 11.8 Å². The molecule has 284 valence electrons. The van der Waals surface area contributed by atoms with Crippen molar-refractivity contribution in [3.63, 3.8) is 0 Å². The highest BCUT2D eigenvalue weighted by molar-refractivity contribution is 8.76. The van der Waals surface area contributed by atoms with Crippen molar-refractivity contribution >= 4 is 91.3 Å². The number of phenols is 1. The molecule has 3 heterocycles. The molecular formula is C36H38N6O8S4. The number of carbonyl (C=O) groups is 4. The van der Waals surface area contributed by atoms with E-state index in [9.17, 15) is 34.2 Å². The number of aromatic carboxylic acids is 1. The first-order chi connectivity index (χ1) is 26.0. The maximum absolute atomic E-state index is 12.5. The van der Waals surface area contributed by atoms with Gasteiger partial charge in [-0.05, 0) is 67.0 Å². The van der Waals surface area contributed by atoms with E-state index in [2.05, 4.69) is 31.3 Å². The molecule has 0 bridgehead atoms. The Hall–Kier alpha value is -4.65. The fourth-order valence-electron chi connectivity index (χ4n) is 6.39. The first kappa shape index (κ1) is 39.1. The van der Waals surface area contributed by atoms with Crippen molar-refractivity contribution in [2.24, 2.45) is 0 Å². The van der Waals surface area contributed by atoms with Crippen molar-refractivity contribution < 1.29 is 33.8 Å². The smallest absolute Gasteiger partial charge is 0.336 e. The van der Waals surface area contributed by atoms with Gasteiger partial charge in [0.1, 0.15) is 17.1 Å². The summed E-state index contributed by atoms with van der Waals surface area (Å²) in [6.07, 6.45) is 3.35. The van der Waals surface area contributed by atoms with E-state index >= 15 is 0 Å². The molecule has 1 aliphatic carbocycles. The SMILES string of the molecule is O=C(CCSSNC(=O)CCCCC1SCC2NC(=O)NC21)NCCNC(=S)Nc1ccc(-c2c3ccc(=O)cc-3oc3cc(O)ccc23)c(C(=O)O)c1. The molecule has 8 N–H and O–H groups in total. The number of unbranched alkanes of at least 4 members (excludes halogenated alkanes) is 1. The molecule has 0 aromatic heterocycles. The Morgan fingerprint density at radius 3 is 2.59 bits per heavy atom. The molecule has 0 saturated carbocycles. The number of carboxylic acid groups (broad SMARTS) is 1. The van der Waals surface area contributed by atoms with Gasteiger partial charge in [-0.15, -0.1) is 0 Å². The van der Waals surface area contributed by atoms with Crippen LogP contribution in [0.15, 0.2) is 63.8 Å². The second-order valence-corrected chi connectivity index (χ2v) is 16.6. The van der Waals surface area contributed by atoms with Gasteiger partial charge in [-0.1, -0.05) is 23.3 Å². The van der Waals surface area contributed by atoms with E-state index < -0.39 is 5.97 Å². The Morgan fingerprint density at radius 2 is 1.76 bits per heavy atom. The van der Waals surface area contributed by atoms with Crippen LogP contribution in [0.4, 0.5) is 10.5 Å². The number of amides is 4. The topological polar surface area (TPSA) is 211 Å². The molecule has 18 heteroatoms. The fourth-order valence-corrected chi connectivity index (χ4v) is 9.71. The lowest BCUT2D eigenvalue weighted by molar-refractivity contribution is -0.121. The van der Waals surface area contributed by atoms with Crippen LogP contribution in [0.5, 0.6) is 5.75 Å². The van der Waals surface area contributed by atoms with Gasteiger partial charge >= 0.3 is 12.0 Å². The molecule has 2 aromatic rings. The number of thiocarbonyl (C=S) groups is 1. The Bertz CT molecular complexity index is 2100. The summed E-state index contributed by atoms with van der Waals surface area (Å²) in [4.78, 5) is 60.5. The maximum Gasteiger partial charge on any atom is 0.336 e. The molecule has 3 atom stereocenters. The molecule has 54 heavy (non-hydrogen) atoms. The van der Waals surface area contributed by atoms with Gasteiger partial charge in [0.2, 0.25) is 11.8 Å². The van der Waals surface area contributed by atoms with E-state index in [1.165, 1.54) is 52.1 Å². The number of nitrogens with one attached hydrogen (secondary N) is 6. The van der Waals surface area contributed by atoms with Crippen LogP contribution < -0.4 is 36.7 Å². The molecular weight excluding hydrogens is 773 g/mol. The highest BCUT2D eigenvalue weighted by atomic mass is 33.1. The second-order valence-electron chi connectivity index (χ2n) is 12.7. The van der Waals surface area contributed by atoms with E-state index in [4.69, 9.17) is 16.6 Å². The van der Waals surface area contributed by atoms with Crippen LogP contribution in [-0.4, -0.2) is 81.1 Å². The number of hydrogen-bond acceptors (Lipinski definition) is 11. The molecule has 4 aliphatic rings. The van der Waals surface area contributed by atoms with Crippen molar-refractivity contribution in [3.05, 3.63) is 70.4 Å². The van der Waals surface area contributed by atoms with Crippen LogP contribution in [0, 0.1) is 0 Å². The van der Waals surface area contributed by atoms with Crippen LogP contribution >= 0.6 is 45.8 Å². The van der Waals surface area contributed by atoms with E-state index in [0.717, 1.165) is 25.0 Å². The molecule has 0 spiro atoms. The number of phenolic OH excluding ortho intramolecular Hbond substituents is 1. The minimum atomic E-state index is -1.18. The zero-order valence-corrected chi connectivity index (χ0v) is 32.0. The summed E-state index contributed by atoms with van der Waals surface area (Å²) in [6, 6.07) is 13.9. The van der Waals surface area contributed by atoms with Crippen molar-refractivity contribution in [3.8, 4) is 28.2 Å². The van der Waals surface area contributed by atoms with Gasteiger partial charge in [-0.25, -0.2) is 9.59 Å². The maximum atomic E-state index is 12.5. The van der Waals surface area contributed by atoms with Gasteiger partial charge in [0.15, 0.2) is 10.5 Å². The standard InChI is InChI=1S/C36H38N6O8S4/c43-20-6-9-23-27(16-20)50-28-17-21(44)7-10-24(28)32(23)22-8-5-19(15-25(22)34(47)48)39-36(51)38-13-12-37-30(45)11-14-53-54-42-31(46)4-2-1-3-29-33-26(18-52-29)40-35(49)41-33/h5-10,15-17,26,29,33,43H,1-4,11-14,18H2,(H,37,45)(H,42,46)(H,47,48)(H2,38,39,51)(H2,40,41,49). The summed E-state index contributed by atoms with van der Waals surface area (Å²) in [5.74, 6) is 0.270. The summed E-state index contributed by atoms with van der Waals surface area (Å²) in [5.41, 5.74) is 1.87. The first-order valence-corrected chi connectivity index (χ1v) is 21.0. The van der Waals surface area contributed by atoms with Crippen molar-refractivity contribution in [2.45, 2.75) is 49.4 Å². The van der Waals surface area contributed by atoms with Crippen LogP contribution in [0.25, 0.3) is 33.4 Å². The number of aromatic hydroxyl groups is 1. The van der Waals surface area contributed by atoms with Gasteiger partial charge in [0.05, 0.1) is 17.6 Å². The zero-order chi connectivity index (χ0) is 38.2. The third kappa shape index (κ3) is 9.90. The number of anilines is 1. The summed E-state index contributed by atoms with van der Waals surface area (Å²) in [5, 5.41) is 36.1. The summed E-state index contributed by atoms with van der Waals surface area (Å²) < 4.78 is 8.69. The van der Waals surface area contributed by atoms with Crippen LogP contribution in [0.2, 0.25) is 0 Å². The summed E-state index contributed by atoms with van der Waals surface area (Å²) in [7, 11) is 2.60. The van der Waals surface area contributed by atoms with E-state index in [1.54, 1.807) is 24.3 Å². The molecule has 4 amide bonds. The van der Waals surface area contributed by atoms with E-state index in [-0.39, 0.29) is 69.5 Å². The Balaban J connectivity index is 0.891. The predicted molar refractivity (Wildman–Crippen MR) is 217 cm³/mol. The van der Waals surface area contributed by atoms with Gasteiger partial charge in [-0.3, -0.25) is 19.1 Å². The van der Waals surface area contributed by atoms with E-state index in [0.29, 0.717) is 58.3 Å². The monoisotopic (exact) mass is 810 g/mol. The molecule has 2 saturated heterocycles. The number of hydrogen-bond donors (Lipinski definition) is 8. The number of carbonyl (C=O) groups excluding carboxylic acids is 3. The highest BCUT2D eigenvalue weighted by Gasteiger charge is 2.42. The molecule has 14 nitrogen and oxygen atoms in total. The van der Waals surface area contributed by atoms with Gasteiger partial charge in [-0.2, -0.15) is 11.8 Å². The average molecular weight is 811 g/mol. The van der Waals surface area contributed by atoms with Crippen molar-refractivity contribution in [2.75, 3.05) is 29.9 Å². The summed E-state index contributed by atoms with van der Waals surface area (Å²) >= 11 is 7.26. The number of benzene rings is 3. The molecule has 6 rings (SSSR count). The second kappa shape index (κ2) is 18.1. The number of thioether (sulfide) groups is 1. The van der Waals surface area contributed by atoms with Crippen LogP contribution in [-0.2, 0) is 9.59 Å². The van der Waals surface area contributed by atoms with Crippen molar-refractivity contribution in [1.29, 1.82) is 0 Å². The number of fused-ring (bicyclic) bond motifs is 3. The minimum Gasteiger partial charge on any atom is -0.508 e. The predicted octanol–water partition coefficient (Wildman–Crippen LogP) is 4.90.